The van der Waals surface area contributed by atoms with Gasteiger partial charge in [-0.3, -0.25) is 0 Å². The molecule has 0 fully saturated rings. The van der Waals surface area contributed by atoms with Crippen molar-refractivity contribution in [1.29, 1.82) is 4.78 Å². The molecule has 0 radical (unpaired) electrons. The summed E-state index contributed by atoms with van der Waals surface area (Å²) in [6.07, 6.45) is 1.32. The van der Waals surface area contributed by atoms with E-state index in [4.69, 9.17) is 9.52 Å². The van der Waals surface area contributed by atoms with Crippen LogP contribution < -0.4 is 14.8 Å². The van der Waals surface area contributed by atoms with E-state index < -0.39 is 15.9 Å². The number of anilines is 1. The third-order valence-corrected chi connectivity index (χ3v) is 5.58. The number of nitrogens with one attached hydrogen (secondary N) is 3. The number of fused-ring (bicyclic) bond motifs is 1. The number of hydrogen-bond donors (Lipinski definition) is 3. The molecule has 2 heterocycles. The Hall–Kier alpha value is -2.55. The van der Waals surface area contributed by atoms with Crippen LogP contribution in [-0.2, 0) is 16.5 Å². The molecule has 9 heteroatoms. The molecule has 26 heavy (non-hydrogen) atoms. The van der Waals surface area contributed by atoms with Crippen LogP contribution in [0, 0.1) is 24.0 Å². The number of aryl methyl sites for hydroxylation is 2. The number of carbonyl (C=O) groups excluding carboxylic acids is 1. The lowest BCUT2D eigenvalue weighted by molar-refractivity contribution is 0.0971. The van der Waals surface area contributed by atoms with E-state index in [-0.39, 0.29) is 16.2 Å². The molecule has 0 saturated carbocycles. The predicted molar refractivity (Wildman–Crippen MR) is 98.7 cm³/mol. The Labute approximate surface area is 153 Å². The fraction of sp³-hybridized carbons (Fsp3) is 0.412. The summed E-state index contributed by atoms with van der Waals surface area (Å²) in [5.41, 5.74) is 2.29. The van der Waals surface area contributed by atoms with Gasteiger partial charge in [0, 0.05) is 11.1 Å². The maximum atomic E-state index is 12.8. The first-order valence-electron chi connectivity index (χ1n) is 8.21. The van der Waals surface area contributed by atoms with Gasteiger partial charge >= 0.3 is 6.03 Å². The zero-order valence-corrected chi connectivity index (χ0v) is 16.1. The molecule has 1 aromatic carbocycles. The van der Waals surface area contributed by atoms with Gasteiger partial charge in [-0.05, 0) is 25.0 Å². The highest BCUT2D eigenvalue weighted by Gasteiger charge is 2.32. The van der Waals surface area contributed by atoms with Gasteiger partial charge in [0.05, 0.1) is 19.3 Å². The number of hydrogen-bond acceptors (Lipinski definition) is 5. The molecule has 8 nitrogen and oxygen atoms in total. The Morgan fingerprint density at radius 1 is 1.35 bits per heavy atom. The molecule has 0 aliphatic carbocycles. The number of benzene rings is 1. The lowest BCUT2D eigenvalue weighted by Crippen LogP contribution is -2.36. The minimum absolute atomic E-state index is 0.0738. The summed E-state index contributed by atoms with van der Waals surface area (Å²) in [6, 6.07) is 4.91. The molecular formula is C17H23N5O3S. The summed E-state index contributed by atoms with van der Waals surface area (Å²) in [4.78, 5) is 12.4. The average Bonchev–Trinajstić information content (AvgIpc) is 2.93. The molecule has 1 aromatic heterocycles. The van der Waals surface area contributed by atoms with Gasteiger partial charge in [-0.2, -0.15) is 5.10 Å². The Kier molecular flexibility index (Phi) is 4.43. The van der Waals surface area contributed by atoms with E-state index in [9.17, 15) is 9.00 Å². The molecule has 2 amide bonds. The fourth-order valence-electron chi connectivity index (χ4n) is 2.86. The van der Waals surface area contributed by atoms with Crippen molar-refractivity contribution in [3.05, 3.63) is 35.5 Å². The number of nitrogens with zero attached hydrogens (tertiary/aromatic N) is 2. The molecule has 3 N–H and O–H groups in total. The molecule has 0 saturated heterocycles. The van der Waals surface area contributed by atoms with E-state index in [2.05, 4.69) is 15.1 Å². The summed E-state index contributed by atoms with van der Waals surface area (Å²) in [6.45, 7) is 8.81. The lowest BCUT2D eigenvalue weighted by atomic mass is 9.94. The monoisotopic (exact) mass is 377 g/mol. The first-order valence-corrected chi connectivity index (χ1v) is 9.77. The van der Waals surface area contributed by atoms with Crippen molar-refractivity contribution in [2.75, 3.05) is 11.9 Å². The van der Waals surface area contributed by atoms with Crippen molar-refractivity contribution in [2.45, 2.75) is 39.1 Å². The van der Waals surface area contributed by atoms with Gasteiger partial charge in [-0.1, -0.05) is 32.0 Å². The number of rotatable bonds is 3. The summed E-state index contributed by atoms with van der Waals surface area (Å²) in [5.74, 6) is 0.275. The van der Waals surface area contributed by atoms with Crippen molar-refractivity contribution in [3.63, 3.8) is 0 Å². The topological polar surface area (TPSA) is 109 Å². The largest absolute Gasteiger partial charge is 0.476 e. The third kappa shape index (κ3) is 3.52. The SMILES string of the molecule is Cc1cccc(C)c1NC(=O)NS(=N)(=O)c1cnn2c1OCC(C)(C)C2. The predicted octanol–water partition coefficient (Wildman–Crippen LogP) is 3.06. The highest BCUT2D eigenvalue weighted by Crippen LogP contribution is 2.33. The molecule has 1 atom stereocenters. The van der Waals surface area contributed by atoms with E-state index in [1.165, 1.54) is 6.20 Å². The van der Waals surface area contributed by atoms with Crippen LogP contribution in [0.3, 0.4) is 0 Å². The van der Waals surface area contributed by atoms with Gasteiger partial charge in [-0.25, -0.2) is 23.2 Å². The van der Waals surface area contributed by atoms with Crippen molar-refractivity contribution < 1.29 is 13.7 Å². The molecule has 1 aliphatic heterocycles. The van der Waals surface area contributed by atoms with Gasteiger partial charge in [-0.15, -0.1) is 0 Å². The molecule has 1 aliphatic rings. The van der Waals surface area contributed by atoms with E-state index in [0.29, 0.717) is 18.8 Å². The second-order valence-corrected chi connectivity index (χ2v) is 9.06. The van der Waals surface area contributed by atoms with E-state index in [1.807, 2.05) is 45.9 Å². The Balaban J connectivity index is 1.80. The van der Waals surface area contributed by atoms with Crippen LogP contribution in [0.1, 0.15) is 25.0 Å². The second-order valence-electron chi connectivity index (χ2n) is 7.30. The highest BCUT2D eigenvalue weighted by atomic mass is 32.2. The first kappa shape index (κ1) is 18.2. The van der Waals surface area contributed by atoms with Gasteiger partial charge in [0.25, 0.3) is 0 Å². The van der Waals surface area contributed by atoms with Gasteiger partial charge in [0.15, 0.2) is 9.92 Å². The Bertz CT molecular complexity index is 943. The Morgan fingerprint density at radius 3 is 2.65 bits per heavy atom. The van der Waals surface area contributed by atoms with Crippen molar-refractivity contribution in [3.8, 4) is 5.88 Å². The summed E-state index contributed by atoms with van der Waals surface area (Å²) in [7, 11) is -3.61. The summed E-state index contributed by atoms with van der Waals surface area (Å²) < 4.78 is 30.5. The van der Waals surface area contributed by atoms with Crippen LogP contribution in [0.2, 0.25) is 0 Å². The smallest absolute Gasteiger partial charge is 0.331 e. The third-order valence-electron chi connectivity index (χ3n) is 4.20. The molecule has 0 spiro atoms. The number of aromatic nitrogens is 2. The molecular weight excluding hydrogens is 354 g/mol. The number of para-hydroxylation sites is 1. The van der Waals surface area contributed by atoms with Crippen LogP contribution in [0.4, 0.5) is 10.5 Å². The maximum Gasteiger partial charge on any atom is 0.331 e. The molecule has 1 unspecified atom stereocenters. The van der Waals surface area contributed by atoms with E-state index in [0.717, 1.165) is 11.1 Å². The van der Waals surface area contributed by atoms with Gasteiger partial charge in [0.1, 0.15) is 4.90 Å². The molecule has 2 aromatic rings. The molecule has 3 rings (SSSR count). The number of carbonyl (C=O) groups is 1. The van der Waals surface area contributed by atoms with Crippen molar-refractivity contribution >= 4 is 21.6 Å². The molecule has 140 valence electrons. The molecule has 0 bridgehead atoms. The van der Waals surface area contributed by atoms with Crippen LogP contribution in [0.15, 0.2) is 29.3 Å². The minimum Gasteiger partial charge on any atom is -0.476 e. The second kappa shape index (κ2) is 6.31. The number of ether oxygens (including phenoxy) is 1. The van der Waals surface area contributed by atoms with Gasteiger partial charge < -0.3 is 10.1 Å². The average molecular weight is 377 g/mol. The van der Waals surface area contributed by atoms with Crippen molar-refractivity contribution in [1.82, 2.24) is 14.5 Å². The zero-order chi connectivity index (χ0) is 19.1. The first-order chi connectivity index (χ1) is 12.1. The number of amides is 2. The van der Waals surface area contributed by atoms with Crippen molar-refractivity contribution in [2.24, 2.45) is 5.41 Å². The van der Waals surface area contributed by atoms with E-state index >= 15 is 0 Å². The Morgan fingerprint density at radius 2 is 2.00 bits per heavy atom. The fourth-order valence-corrected chi connectivity index (χ4v) is 3.89. The van der Waals surface area contributed by atoms with Crippen LogP contribution in [0.5, 0.6) is 5.88 Å². The summed E-state index contributed by atoms with van der Waals surface area (Å²) in [5, 5.41) is 6.83. The highest BCUT2D eigenvalue weighted by molar-refractivity contribution is 7.91. The van der Waals surface area contributed by atoms with Crippen LogP contribution in [-0.4, -0.2) is 26.6 Å². The summed E-state index contributed by atoms with van der Waals surface area (Å²) >= 11 is 0. The standard InChI is InChI=1S/C17H23N5O3S/c1-11-6-5-7-12(2)14(11)20-16(23)21-26(18,24)13-8-19-22-9-17(3,4)10-25-15(13)22/h5-8H,9-10H2,1-4H3,(H3,18,20,21,23,24). The zero-order valence-electron chi connectivity index (χ0n) is 15.3. The normalized spacial score (nSPS) is 17.5. The van der Waals surface area contributed by atoms with Crippen LogP contribution >= 0.6 is 0 Å². The lowest BCUT2D eigenvalue weighted by Gasteiger charge is -2.30. The quantitative estimate of drug-likeness (QED) is 0.763. The minimum atomic E-state index is -3.61. The van der Waals surface area contributed by atoms with Crippen LogP contribution in [0.25, 0.3) is 0 Å². The number of urea groups is 1. The maximum absolute atomic E-state index is 12.8. The van der Waals surface area contributed by atoms with E-state index in [1.54, 1.807) is 4.68 Å². The van der Waals surface area contributed by atoms with Gasteiger partial charge in [0.2, 0.25) is 5.88 Å².